The van der Waals surface area contributed by atoms with Crippen LogP contribution in [0.2, 0.25) is 5.02 Å². The fourth-order valence-corrected chi connectivity index (χ4v) is 3.63. The van der Waals surface area contributed by atoms with Crippen molar-refractivity contribution < 1.29 is 17.5 Å². The van der Waals surface area contributed by atoms with E-state index >= 15 is 0 Å². The normalized spacial score (nSPS) is 14.3. The zero-order valence-electron chi connectivity index (χ0n) is 13.4. The van der Waals surface area contributed by atoms with Gasteiger partial charge in [0.25, 0.3) is 0 Å². The Labute approximate surface area is 146 Å². The first-order valence-electron chi connectivity index (χ1n) is 7.27. The summed E-state index contributed by atoms with van der Waals surface area (Å²) < 4.78 is 45.5. The predicted octanol–water partition coefficient (Wildman–Crippen LogP) is 3.46. The molecule has 2 rings (SSSR count). The van der Waals surface area contributed by atoms with Crippen molar-refractivity contribution in [3.63, 3.8) is 0 Å². The van der Waals surface area contributed by atoms with Gasteiger partial charge in [0.15, 0.2) is 0 Å². The highest BCUT2D eigenvalue weighted by Crippen LogP contribution is 2.26. The maximum Gasteiger partial charge on any atom is 0.215 e. The topological polar surface area (TPSA) is 55.4 Å². The molecule has 0 heterocycles. The van der Waals surface area contributed by atoms with Crippen molar-refractivity contribution in [1.82, 2.24) is 4.72 Å². The quantitative estimate of drug-likeness (QED) is 0.810. The summed E-state index contributed by atoms with van der Waals surface area (Å²) in [5, 5.41) is 0.546. The number of sulfonamides is 1. The lowest BCUT2D eigenvalue weighted by molar-refractivity contribution is 0.00698. The predicted molar refractivity (Wildman–Crippen MR) is 92.8 cm³/mol. The van der Waals surface area contributed by atoms with Crippen molar-refractivity contribution in [2.45, 2.75) is 18.3 Å². The van der Waals surface area contributed by atoms with E-state index in [1.54, 1.807) is 25.1 Å². The molecule has 0 aromatic heterocycles. The first kappa shape index (κ1) is 18.9. The van der Waals surface area contributed by atoms with Crippen LogP contribution in [0, 0.1) is 5.82 Å². The second-order valence-corrected chi connectivity index (χ2v) is 7.90. The fourth-order valence-electron chi connectivity index (χ4n) is 2.21. The minimum absolute atomic E-state index is 0.0490. The van der Waals surface area contributed by atoms with Gasteiger partial charge >= 0.3 is 0 Å². The minimum atomic E-state index is -3.59. The van der Waals surface area contributed by atoms with Crippen LogP contribution in [0.15, 0.2) is 48.5 Å². The third kappa shape index (κ3) is 5.01. The largest absolute Gasteiger partial charge is 0.372 e. The van der Waals surface area contributed by atoms with Crippen molar-refractivity contribution in [3.8, 4) is 0 Å². The molecule has 0 radical (unpaired) electrons. The Balaban J connectivity index is 2.10. The number of rotatable bonds is 7. The summed E-state index contributed by atoms with van der Waals surface area (Å²) in [6, 6.07) is 12.4. The summed E-state index contributed by atoms with van der Waals surface area (Å²) in [5.74, 6) is -0.639. The molecule has 7 heteroatoms. The molecule has 1 N–H and O–H groups in total. The monoisotopic (exact) mass is 371 g/mol. The molecule has 0 saturated carbocycles. The summed E-state index contributed by atoms with van der Waals surface area (Å²) in [4.78, 5) is 0. The lowest BCUT2D eigenvalue weighted by Gasteiger charge is -2.29. The summed E-state index contributed by atoms with van der Waals surface area (Å²) >= 11 is 5.99. The highest BCUT2D eigenvalue weighted by Gasteiger charge is 2.28. The van der Waals surface area contributed by atoms with Crippen LogP contribution < -0.4 is 4.72 Å². The maximum absolute atomic E-state index is 12.9. The summed E-state index contributed by atoms with van der Waals surface area (Å²) in [6.45, 7) is 1.83. The number of benzene rings is 2. The number of hydrogen-bond acceptors (Lipinski definition) is 3. The van der Waals surface area contributed by atoms with E-state index in [4.69, 9.17) is 16.3 Å². The number of nitrogens with one attached hydrogen (secondary N) is 1. The van der Waals surface area contributed by atoms with Gasteiger partial charge in [0.1, 0.15) is 11.4 Å². The van der Waals surface area contributed by atoms with Crippen LogP contribution in [0.3, 0.4) is 0 Å². The van der Waals surface area contributed by atoms with E-state index in [9.17, 15) is 12.8 Å². The maximum atomic E-state index is 12.9. The Bertz CT molecular complexity index is 796. The molecule has 4 nitrogen and oxygen atoms in total. The van der Waals surface area contributed by atoms with Gasteiger partial charge in [0, 0.05) is 18.7 Å². The Kier molecular flexibility index (Phi) is 5.98. The first-order valence-corrected chi connectivity index (χ1v) is 9.30. The van der Waals surface area contributed by atoms with Crippen LogP contribution >= 0.6 is 11.6 Å². The molecule has 0 aliphatic carbocycles. The molecule has 0 saturated heterocycles. The van der Waals surface area contributed by atoms with Gasteiger partial charge in [0.2, 0.25) is 10.0 Å². The van der Waals surface area contributed by atoms with E-state index in [2.05, 4.69) is 4.72 Å². The number of methoxy groups -OCH3 is 1. The van der Waals surface area contributed by atoms with Gasteiger partial charge in [-0.05, 0) is 42.3 Å². The van der Waals surface area contributed by atoms with Gasteiger partial charge in [-0.1, -0.05) is 35.9 Å². The van der Waals surface area contributed by atoms with Gasteiger partial charge in [0.05, 0.1) is 5.75 Å². The molecule has 2 aromatic carbocycles. The number of hydrogen-bond donors (Lipinski definition) is 1. The molecular formula is C17H19ClFNO3S. The van der Waals surface area contributed by atoms with Crippen LogP contribution in [0.5, 0.6) is 0 Å². The summed E-state index contributed by atoms with van der Waals surface area (Å²) in [5.41, 5.74) is 0.411. The van der Waals surface area contributed by atoms with Gasteiger partial charge < -0.3 is 4.74 Å². The number of halogens is 2. The third-order valence-corrected chi connectivity index (χ3v) is 5.32. The Morgan fingerprint density at radius 3 is 2.46 bits per heavy atom. The second kappa shape index (κ2) is 7.61. The summed E-state index contributed by atoms with van der Waals surface area (Å²) in [7, 11) is -2.09. The van der Waals surface area contributed by atoms with Crippen molar-refractivity contribution in [2.24, 2.45) is 0 Å². The minimum Gasteiger partial charge on any atom is -0.372 e. The second-order valence-electron chi connectivity index (χ2n) is 5.65. The van der Waals surface area contributed by atoms with Gasteiger partial charge in [-0.15, -0.1) is 0 Å². The smallest absolute Gasteiger partial charge is 0.215 e. The molecular weight excluding hydrogens is 353 g/mol. The van der Waals surface area contributed by atoms with Crippen LogP contribution in [0.25, 0.3) is 0 Å². The molecule has 130 valence electrons. The SMILES string of the molecule is COC(C)(CNS(=O)(=O)Cc1ccc(F)cc1)c1cccc(Cl)c1. The van der Waals surface area contributed by atoms with Crippen LogP contribution in [0.1, 0.15) is 18.1 Å². The van der Waals surface area contributed by atoms with Gasteiger partial charge in [-0.25, -0.2) is 17.5 Å². The third-order valence-electron chi connectivity index (χ3n) is 3.79. The molecule has 2 aromatic rings. The van der Waals surface area contributed by atoms with E-state index in [1.165, 1.54) is 31.4 Å². The molecule has 0 spiro atoms. The van der Waals surface area contributed by atoms with E-state index in [1.807, 2.05) is 6.07 Å². The average molecular weight is 372 g/mol. The van der Waals surface area contributed by atoms with Crippen LogP contribution in [0.4, 0.5) is 4.39 Å². The molecule has 0 aliphatic heterocycles. The average Bonchev–Trinajstić information content (AvgIpc) is 2.55. The zero-order valence-corrected chi connectivity index (χ0v) is 15.0. The number of ether oxygens (including phenoxy) is 1. The van der Waals surface area contributed by atoms with Crippen LogP contribution in [-0.4, -0.2) is 22.1 Å². The van der Waals surface area contributed by atoms with E-state index < -0.39 is 21.4 Å². The molecule has 0 bridgehead atoms. The van der Waals surface area contributed by atoms with Crippen molar-refractivity contribution >= 4 is 21.6 Å². The van der Waals surface area contributed by atoms with Crippen molar-refractivity contribution in [3.05, 3.63) is 70.5 Å². The van der Waals surface area contributed by atoms with E-state index in [0.717, 1.165) is 5.56 Å². The van der Waals surface area contributed by atoms with Crippen LogP contribution in [-0.2, 0) is 26.1 Å². The van der Waals surface area contributed by atoms with Crippen molar-refractivity contribution in [2.75, 3.05) is 13.7 Å². The lowest BCUT2D eigenvalue weighted by atomic mass is 9.96. The molecule has 24 heavy (non-hydrogen) atoms. The lowest BCUT2D eigenvalue weighted by Crippen LogP contribution is -2.40. The molecule has 0 aliphatic rings. The highest BCUT2D eigenvalue weighted by atomic mass is 35.5. The van der Waals surface area contributed by atoms with Crippen molar-refractivity contribution in [1.29, 1.82) is 0 Å². The Morgan fingerprint density at radius 1 is 1.21 bits per heavy atom. The first-order chi connectivity index (χ1) is 11.2. The molecule has 1 atom stereocenters. The highest BCUT2D eigenvalue weighted by molar-refractivity contribution is 7.88. The fraction of sp³-hybridized carbons (Fsp3) is 0.294. The molecule has 0 amide bonds. The summed E-state index contributed by atoms with van der Waals surface area (Å²) in [6.07, 6.45) is 0. The van der Waals surface area contributed by atoms with E-state index in [-0.39, 0.29) is 12.3 Å². The Hall–Kier alpha value is -1.47. The molecule has 0 fully saturated rings. The molecule has 1 unspecified atom stereocenters. The zero-order chi connectivity index (χ0) is 17.8. The van der Waals surface area contributed by atoms with Gasteiger partial charge in [-0.2, -0.15) is 0 Å². The Morgan fingerprint density at radius 2 is 1.88 bits per heavy atom. The standard InChI is InChI=1S/C17H19ClFNO3S/c1-17(23-2,14-4-3-5-15(18)10-14)12-20-24(21,22)11-13-6-8-16(19)9-7-13/h3-10,20H,11-12H2,1-2H3. The van der Waals surface area contributed by atoms with E-state index in [0.29, 0.717) is 10.6 Å². The van der Waals surface area contributed by atoms with Gasteiger partial charge in [-0.3, -0.25) is 0 Å².